The lowest BCUT2D eigenvalue weighted by molar-refractivity contribution is -0.138. The quantitative estimate of drug-likeness (QED) is 0.801. The summed E-state index contributed by atoms with van der Waals surface area (Å²) in [6, 6.07) is 0.997. The Morgan fingerprint density at radius 1 is 1.37 bits per heavy atom. The summed E-state index contributed by atoms with van der Waals surface area (Å²) in [5.41, 5.74) is 0. The monoisotopic (exact) mass is 300 g/mol. The van der Waals surface area contributed by atoms with Crippen LogP contribution in [-0.4, -0.2) is 36.5 Å². The molecule has 0 spiro atoms. The SMILES string of the molecule is CC(C)N(CC(F)(F)F)S(=O)(=O)c1ncccc1F. The molecule has 0 bridgehead atoms. The van der Waals surface area contributed by atoms with E-state index in [1.807, 2.05) is 0 Å². The van der Waals surface area contributed by atoms with Gasteiger partial charge in [0.15, 0.2) is 5.82 Å². The summed E-state index contributed by atoms with van der Waals surface area (Å²) in [6.07, 6.45) is -3.72. The van der Waals surface area contributed by atoms with Crippen LogP contribution in [0.2, 0.25) is 0 Å². The van der Waals surface area contributed by atoms with Crippen molar-refractivity contribution < 1.29 is 26.0 Å². The Morgan fingerprint density at radius 3 is 2.37 bits per heavy atom. The molecule has 0 saturated carbocycles. The summed E-state index contributed by atoms with van der Waals surface area (Å²) in [5, 5.41) is -1.01. The number of sulfonamides is 1. The minimum atomic E-state index is -4.72. The van der Waals surface area contributed by atoms with Crippen molar-refractivity contribution in [3.63, 3.8) is 0 Å². The molecule has 0 aliphatic carbocycles. The van der Waals surface area contributed by atoms with Crippen molar-refractivity contribution >= 4 is 10.0 Å². The third-order valence-electron chi connectivity index (χ3n) is 2.19. The van der Waals surface area contributed by atoms with Crippen LogP contribution in [0.25, 0.3) is 0 Å². The number of halogens is 4. The fourth-order valence-corrected chi connectivity index (χ4v) is 3.00. The smallest absolute Gasteiger partial charge is 0.241 e. The maximum absolute atomic E-state index is 13.4. The van der Waals surface area contributed by atoms with Crippen LogP contribution in [0.1, 0.15) is 13.8 Å². The molecule has 1 rings (SSSR count). The fraction of sp³-hybridized carbons (Fsp3) is 0.500. The zero-order chi connectivity index (χ0) is 14.8. The Kier molecular flexibility index (Phi) is 4.51. The van der Waals surface area contributed by atoms with Gasteiger partial charge in [0.2, 0.25) is 5.03 Å². The molecular formula is C10H12F4N2O2S. The zero-order valence-electron chi connectivity index (χ0n) is 10.1. The van der Waals surface area contributed by atoms with Crippen LogP contribution in [0.5, 0.6) is 0 Å². The molecule has 9 heteroatoms. The molecule has 19 heavy (non-hydrogen) atoms. The highest BCUT2D eigenvalue weighted by atomic mass is 32.2. The Balaban J connectivity index is 3.26. The average Bonchev–Trinajstić information content (AvgIpc) is 2.24. The van der Waals surface area contributed by atoms with Gasteiger partial charge in [0, 0.05) is 12.2 Å². The van der Waals surface area contributed by atoms with Crippen LogP contribution in [0.15, 0.2) is 23.4 Å². The molecular weight excluding hydrogens is 288 g/mol. The molecule has 0 unspecified atom stereocenters. The molecule has 0 aliphatic heterocycles. The second-order valence-electron chi connectivity index (χ2n) is 4.05. The van der Waals surface area contributed by atoms with Gasteiger partial charge >= 0.3 is 6.18 Å². The Hall–Kier alpha value is -1.22. The molecule has 1 aromatic rings. The largest absolute Gasteiger partial charge is 0.402 e. The molecule has 108 valence electrons. The lowest BCUT2D eigenvalue weighted by atomic mass is 10.4. The molecule has 0 N–H and O–H groups in total. The first kappa shape index (κ1) is 15.8. The van der Waals surface area contributed by atoms with E-state index in [9.17, 15) is 26.0 Å². The Bertz CT molecular complexity index is 543. The molecule has 4 nitrogen and oxygen atoms in total. The van der Waals surface area contributed by atoms with E-state index in [2.05, 4.69) is 4.98 Å². The van der Waals surface area contributed by atoms with Gasteiger partial charge in [0.05, 0.1) is 0 Å². The van der Waals surface area contributed by atoms with Crippen LogP contribution < -0.4 is 0 Å². The number of aromatic nitrogens is 1. The second kappa shape index (κ2) is 5.41. The maximum atomic E-state index is 13.4. The normalized spacial score (nSPS) is 13.3. The molecule has 0 aromatic carbocycles. The number of hydrogen-bond acceptors (Lipinski definition) is 3. The van der Waals surface area contributed by atoms with E-state index in [0.29, 0.717) is 0 Å². The van der Waals surface area contributed by atoms with E-state index in [1.54, 1.807) is 0 Å². The van der Waals surface area contributed by atoms with Crippen molar-refractivity contribution in [3.8, 4) is 0 Å². The molecule has 1 aromatic heterocycles. The van der Waals surface area contributed by atoms with Crippen molar-refractivity contribution in [2.24, 2.45) is 0 Å². The lowest BCUT2D eigenvalue weighted by Gasteiger charge is -2.26. The third kappa shape index (κ3) is 3.87. The lowest BCUT2D eigenvalue weighted by Crippen LogP contribution is -2.43. The van der Waals surface area contributed by atoms with E-state index in [1.165, 1.54) is 13.8 Å². The van der Waals surface area contributed by atoms with Gasteiger partial charge in [-0.15, -0.1) is 0 Å². The van der Waals surface area contributed by atoms with Crippen LogP contribution in [0, 0.1) is 5.82 Å². The summed E-state index contributed by atoms with van der Waals surface area (Å²) in [7, 11) is -4.64. The van der Waals surface area contributed by atoms with Crippen LogP contribution in [0.3, 0.4) is 0 Å². The molecule has 0 saturated heterocycles. The topological polar surface area (TPSA) is 50.3 Å². The number of rotatable bonds is 4. The summed E-state index contributed by atoms with van der Waals surface area (Å²) in [6.45, 7) is 0.845. The van der Waals surface area contributed by atoms with Crippen LogP contribution in [0.4, 0.5) is 17.6 Å². The average molecular weight is 300 g/mol. The van der Waals surface area contributed by atoms with E-state index in [0.717, 1.165) is 18.3 Å². The van der Waals surface area contributed by atoms with Gasteiger partial charge in [0.25, 0.3) is 10.0 Å². The minimum Gasteiger partial charge on any atom is -0.241 e. The van der Waals surface area contributed by atoms with Gasteiger partial charge in [-0.25, -0.2) is 17.8 Å². The van der Waals surface area contributed by atoms with Crippen molar-refractivity contribution in [2.75, 3.05) is 6.54 Å². The molecule has 0 amide bonds. The first-order valence-electron chi connectivity index (χ1n) is 5.25. The Labute approximate surface area is 108 Å². The summed E-state index contributed by atoms with van der Waals surface area (Å²) in [4.78, 5) is 3.31. The van der Waals surface area contributed by atoms with Crippen molar-refractivity contribution in [2.45, 2.75) is 31.1 Å². The number of hydrogen-bond donors (Lipinski definition) is 0. The van der Waals surface area contributed by atoms with Gasteiger partial charge in [0.1, 0.15) is 6.54 Å². The van der Waals surface area contributed by atoms with Crippen molar-refractivity contribution in [3.05, 3.63) is 24.1 Å². The highest BCUT2D eigenvalue weighted by Crippen LogP contribution is 2.24. The van der Waals surface area contributed by atoms with Gasteiger partial charge in [-0.05, 0) is 26.0 Å². The molecule has 0 fully saturated rings. The number of pyridine rings is 1. The summed E-state index contributed by atoms with van der Waals surface area (Å²) >= 11 is 0. The first-order valence-corrected chi connectivity index (χ1v) is 6.69. The maximum Gasteiger partial charge on any atom is 0.402 e. The summed E-state index contributed by atoms with van der Waals surface area (Å²) < 4.78 is 74.7. The van der Waals surface area contributed by atoms with Gasteiger partial charge in [-0.1, -0.05) is 0 Å². The van der Waals surface area contributed by atoms with Crippen LogP contribution in [-0.2, 0) is 10.0 Å². The Morgan fingerprint density at radius 2 is 1.95 bits per heavy atom. The van der Waals surface area contributed by atoms with E-state index in [4.69, 9.17) is 0 Å². The standard InChI is InChI=1S/C10H12F4N2O2S/c1-7(2)16(6-10(12,13)14)19(17,18)9-8(11)4-3-5-15-9/h3-5,7H,6H2,1-2H3. The van der Waals surface area contributed by atoms with Gasteiger partial charge in [-0.2, -0.15) is 17.5 Å². The second-order valence-corrected chi connectivity index (χ2v) is 5.86. The van der Waals surface area contributed by atoms with Crippen molar-refractivity contribution in [1.29, 1.82) is 0 Å². The van der Waals surface area contributed by atoms with Gasteiger partial charge in [-0.3, -0.25) is 0 Å². The predicted octanol–water partition coefficient (Wildman–Crippen LogP) is 2.18. The van der Waals surface area contributed by atoms with Gasteiger partial charge < -0.3 is 0 Å². The zero-order valence-corrected chi connectivity index (χ0v) is 11.0. The summed E-state index contributed by atoms with van der Waals surface area (Å²) in [5.74, 6) is -1.18. The highest BCUT2D eigenvalue weighted by molar-refractivity contribution is 7.89. The van der Waals surface area contributed by atoms with E-state index < -0.39 is 39.6 Å². The molecule has 0 atom stereocenters. The molecule has 0 aliphatic rings. The van der Waals surface area contributed by atoms with Crippen LogP contribution >= 0.6 is 0 Å². The number of nitrogens with zero attached hydrogens (tertiary/aromatic N) is 2. The first-order chi connectivity index (χ1) is 8.55. The third-order valence-corrected chi connectivity index (χ3v) is 4.15. The molecule has 1 heterocycles. The predicted molar refractivity (Wildman–Crippen MR) is 59.3 cm³/mol. The van der Waals surface area contributed by atoms with E-state index in [-0.39, 0.29) is 4.31 Å². The van der Waals surface area contributed by atoms with Crippen molar-refractivity contribution in [1.82, 2.24) is 9.29 Å². The van der Waals surface area contributed by atoms with E-state index >= 15 is 0 Å². The fourth-order valence-electron chi connectivity index (χ4n) is 1.39. The molecule has 0 radical (unpaired) electrons. The number of alkyl halides is 3. The minimum absolute atomic E-state index is 0.165. The highest BCUT2D eigenvalue weighted by Gasteiger charge is 2.40.